The number of anilines is 1. The number of nitrogens with zero attached hydrogens (tertiary/aromatic N) is 4. The Morgan fingerprint density at radius 1 is 0.736 bits per heavy atom. The Labute approximate surface area is 316 Å². The molecule has 3 N–H and O–H groups in total. The van der Waals surface area contributed by atoms with Gasteiger partial charge < -0.3 is 29.5 Å². The molecule has 4 aromatic carbocycles. The van der Waals surface area contributed by atoms with Gasteiger partial charge in [0.1, 0.15) is 17.2 Å². The molecule has 2 aliphatic heterocycles. The largest absolute Gasteiger partial charge is 0.508 e. The second-order valence-corrected chi connectivity index (χ2v) is 15.6. The highest BCUT2D eigenvalue weighted by atomic mass is 35.5. The number of unbranched alkanes of at least 4 members (excludes halogenated alkanes) is 1. The summed E-state index contributed by atoms with van der Waals surface area (Å²) in [5.74, 6) is 0.111. The molecule has 5 aromatic rings. The number of hydrogen-bond donors (Lipinski definition) is 3. The molecule has 0 bridgehead atoms. The lowest BCUT2D eigenvalue weighted by atomic mass is 9.83. The van der Waals surface area contributed by atoms with E-state index in [0.29, 0.717) is 32.4 Å². The Kier molecular flexibility index (Phi) is 12.3. The minimum atomic E-state index is -3.67. The fourth-order valence-electron chi connectivity index (χ4n) is 7.56. The zero-order chi connectivity index (χ0) is 37.5. The number of rotatable bonds is 10. The van der Waals surface area contributed by atoms with Gasteiger partial charge >= 0.3 is 0 Å². The number of para-hydroxylation sites is 2. The number of benzene rings is 4. The average molecular weight is 759 g/mol. The molecule has 0 unspecified atom stereocenters. The Bertz CT molecular complexity index is 2050. The van der Waals surface area contributed by atoms with Crippen molar-refractivity contribution in [2.24, 2.45) is 0 Å². The van der Waals surface area contributed by atoms with Crippen LogP contribution >= 0.6 is 11.6 Å². The maximum absolute atomic E-state index is 15.0. The van der Waals surface area contributed by atoms with Gasteiger partial charge in [-0.3, -0.25) is 9.35 Å². The van der Waals surface area contributed by atoms with Gasteiger partial charge in [-0.2, -0.15) is 8.42 Å². The average Bonchev–Trinajstić information content (AvgIpc) is 3.78. The molecule has 12 heteroatoms. The molecular weight excluding hydrogens is 712 g/mol. The molecule has 3 heterocycles. The highest BCUT2D eigenvalue weighted by Crippen LogP contribution is 2.42. The first kappa shape index (κ1) is 38.2. The molecule has 0 radical (unpaired) electrons. The summed E-state index contributed by atoms with van der Waals surface area (Å²) < 4.78 is 28.1. The van der Waals surface area contributed by atoms with Crippen LogP contribution in [0.5, 0.6) is 11.5 Å². The second kappa shape index (κ2) is 17.1. The van der Waals surface area contributed by atoms with Crippen molar-refractivity contribution < 1.29 is 28.0 Å². The SMILES string of the molecule is CS(=O)(=O)O.O=C(c1c(C(c2ccc(O)cc2)c2ccc(O)cc2)c2ccccc2n1CCCCN1CCCC1)N1CCN(c2ccccc2Cl)CC1. The fraction of sp³-hybridized carbons (Fsp3) is 0.341. The molecule has 7 rings (SSSR count). The topological polar surface area (TPSA) is 127 Å². The van der Waals surface area contributed by atoms with Gasteiger partial charge in [0.05, 0.1) is 17.0 Å². The van der Waals surface area contributed by atoms with E-state index < -0.39 is 10.1 Å². The van der Waals surface area contributed by atoms with Gasteiger partial charge in [-0.25, -0.2) is 0 Å². The van der Waals surface area contributed by atoms with Gasteiger partial charge in [0.15, 0.2) is 0 Å². The summed E-state index contributed by atoms with van der Waals surface area (Å²) in [7, 11) is -3.67. The van der Waals surface area contributed by atoms with E-state index in [2.05, 4.69) is 32.6 Å². The van der Waals surface area contributed by atoms with Crippen molar-refractivity contribution in [1.29, 1.82) is 0 Å². The van der Waals surface area contributed by atoms with E-state index in [4.69, 9.17) is 16.2 Å². The van der Waals surface area contributed by atoms with Gasteiger partial charge in [-0.15, -0.1) is 0 Å². The smallest absolute Gasteiger partial charge is 0.270 e. The first-order valence-corrected chi connectivity index (χ1v) is 20.3. The lowest BCUT2D eigenvalue weighted by Crippen LogP contribution is -2.49. The van der Waals surface area contributed by atoms with Crippen LogP contribution in [0, 0.1) is 0 Å². The zero-order valence-electron chi connectivity index (χ0n) is 29.9. The van der Waals surface area contributed by atoms with Crippen LogP contribution in [0.2, 0.25) is 5.02 Å². The molecule has 0 aliphatic carbocycles. The van der Waals surface area contributed by atoms with Crippen LogP contribution in [0.3, 0.4) is 0 Å². The molecule has 280 valence electrons. The number of aromatic hydroxyl groups is 2. The first-order valence-electron chi connectivity index (χ1n) is 18.1. The molecule has 0 spiro atoms. The summed E-state index contributed by atoms with van der Waals surface area (Å²) in [6.07, 6.45) is 5.32. The summed E-state index contributed by atoms with van der Waals surface area (Å²) in [5, 5.41) is 22.2. The Morgan fingerprint density at radius 2 is 1.26 bits per heavy atom. The number of hydrogen-bond acceptors (Lipinski definition) is 7. The molecule has 0 atom stereocenters. The number of aryl methyl sites for hydroxylation is 1. The first-order chi connectivity index (χ1) is 25.5. The third-order valence-corrected chi connectivity index (χ3v) is 10.3. The van der Waals surface area contributed by atoms with Crippen molar-refractivity contribution in [3.8, 4) is 11.5 Å². The lowest BCUT2D eigenvalue weighted by molar-refractivity contribution is 0.0734. The highest BCUT2D eigenvalue weighted by molar-refractivity contribution is 7.85. The number of fused-ring (bicyclic) bond motifs is 1. The van der Waals surface area contributed by atoms with Crippen LogP contribution in [-0.4, -0.2) is 95.5 Å². The lowest BCUT2D eigenvalue weighted by Gasteiger charge is -2.37. The predicted molar refractivity (Wildman–Crippen MR) is 211 cm³/mol. The number of carbonyl (C=O) groups excluding carboxylic acids is 1. The standard InChI is InChI=1S/C40H43ClN4O3.CH4O3S/c41-34-10-2-4-12-36(34)43-25-27-44(28-26-43)40(48)39-38(37(29-13-17-31(46)18-14-29)30-15-19-32(47)20-16-30)33-9-1-3-11-35(33)45(39)24-8-7-23-42-21-5-6-22-42;1-5(2,3)4/h1-4,9-20,37,46-47H,5-8,21-28H2;1H3,(H,2,3,4). The maximum Gasteiger partial charge on any atom is 0.270 e. The molecule has 2 aliphatic rings. The minimum Gasteiger partial charge on any atom is -0.508 e. The molecular formula is C41H47ClN4O6S. The van der Waals surface area contributed by atoms with E-state index in [1.165, 1.54) is 25.9 Å². The van der Waals surface area contributed by atoms with Crippen molar-refractivity contribution >= 4 is 44.2 Å². The number of amides is 1. The number of phenols is 2. The van der Waals surface area contributed by atoms with Crippen LogP contribution in [0.1, 0.15) is 58.8 Å². The summed E-state index contributed by atoms with van der Waals surface area (Å²) in [6, 6.07) is 30.8. The van der Waals surface area contributed by atoms with E-state index in [1.54, 1.807) is 24.3 Å². The predicted octanol–water partition coefficient (Wildman–Crippen LogP) is 7.23. The maximum atomic E-state index is 15.0. The molecule has 53 heavy (non-hydrogen) atoms. The van der Waals surface area contributed by atoms with Crippen LogP contribution < -0.4 is 4.90 Å². The Morgan fingerprint density at radius 3 is 1.85 bits per heavy atom. The van der Waals surface area contributed by atoms with Crippen molar-refractivity contribution in [3.63, 3.8) is 0 Å². The van der Waals surface area contributed by atoms with Crippen molar-refractivity contribution in [2.75, 3.05) is 57.0 Å². The minimum absolute atomic E-state index is 0.0297. The third kappa shape index (κ3) is 9.52. The molecule has 0 saturated carbocycles. The van der Waals surface area contributed by atoms with Crippen LogP contribution in [0.25, 0.3) is 10.9 Å². The van der Waals surface area contributed by atoms with Gasteiger partial charge in [0.2, 0.25) is 0 Å². The normalized spacial score (nSPS) is 15.2. The Hall–Kier alpha value is -4.55. The fourth-order valence-corrected chi connectivity index (χ4v) is 7.82. The number of piperazine rings is 1. The Balaban J connectivity index is 0.000000902. The zero-order valence-corrected chi connectivity index (χ0v) is 31.5. The summed E-state index contributed by atoms with van der Waals surface area (Å²) >= 11 is 6.55. The molecule has 1 amide bonds. The van der Waals surface area contributed by atoms with Gasteiger partial charge in [-0.1, -0.05) is 66.2 Å². The van der Waals surface area contributed by atoms with Crippen molar-refractivity contribution in [2.45, 2.75) is 38.1 Å². The number of likely N-dealkylation sites (tertiary alicyclic amines) is 1. The van der Waals surface area contributed by atoms with Gasteiger partial charge in [-0.05, 0) is 98.9 Å². The van der Waals surface area contributed by atoms with Crippen molar-refractivity contribution in [1.82, 2.24) is 14.4 Å². The quantitative estimate of drug-likeness (QED) is 0.101. The molecule has 10 nitrogen and oxygen atoms in total. The van der Waals surface area contributed by atoms with Gasteiger partial charge in [0.25, 0.3) is 16.0 Å². The van der Waals surface area contributed by atoms with Crippen molar-refractivity contribution in [3.05, 3.63) is 124 Å². The summed E-state index contributed by atoms with van der Waals surface area (Å²) in [6.45, 7) is 6.76. The van der Waals surface area contributed by atoms with E-state index in [9.17, 15) is 18.6 Å². The number of aromatic nitrogens is 1. The summed E-state index contributed by atoms with van der Waals surface area (Å²) in [5.41, 5.74) is 5.66. The van der Waals surface area contributed by atoms with Gasteiger partial charge in [0, 0.05) is 55.1 Å². The van der Waals surface area contributed by atoms with Crippen LogP contribution in [0.15, 0.2) is 97.1 Å². The van der Waals surface area contributed by atoms with E-state index in [-0.39, 0.29) is 23.3 Å². The number of halogens is 1. The second-order valence-electron chi connectivity index (χ2n) is 13.8. The van der Waals surface area contributed by atoms with Crippen LogP contribution in [-0.2, 0) is 16.7 Å². The monoisotopic (exact) mass is 758 g/mol. The summed E-state index contributed by atoms with van der Waals surface area (Å²) in [4.78, 5) is 21.8. The third-order valence-electron chi connectivity index (χ3n) is 10.0. The molecule has 1 aromatic heterocycles. The number of carbonyl (C=O) groups is 1. The van der Waals surface area contributed by atoms with E-state index in [0.717, 1.165) is 69.9 Å². The van der Waals surface area contributed by atoms with E-state index in [1.807, 2.05) is 59.5 Å². The molecule has 2 saturated heterocycles. The number of phenolic OH excluding ortho intramolecular Hbond substituents is 2. The van der Waals surface area contributed by atoms with Crippen LogP contribution in [0.4, 0.5) is 5.69 Å². The molecule has 2 fully saturated rings. The van der Waals surface area contributed by atoms with E-state index >= 15 is 4.79 Å². The highest BCUT2D eigenvalue weighted by Gasteiger charge is 2.33.